The molecule has 26 heavy (non-hydrogen) atoms. The average Bonchev–Trinajstić information content (AvgIpc) is 2.52. The van der Waals surface area contributed by atoms with E-state index in [0.29, 0.717) is 0 Å². The third-order valence-electron chi connectivity index (χ3n) is 3.63. The molecule has 0 fully saturated rings. The quantitative estimate of drug-likeness (QED) is 0.803. The number of hydrogen-bond donors (Lipinski definition) is 1. The van der Waals surface area contributed by atoms with Crippen LogP contribution >= 0.6 is 0 Å². The molecule has 0 aliphatic rings. The van der Waals surface area contributed by atoms with E-state index in [9.17, 15) is 5.11 Å². The predicted molar refractivity (Wildman–Crippen MR) is 107 cm³/mol. The topological polar surface area (TPSA) is 29.5 Å². The van der Waals surface area contributed by atoms with Crippen molar-refractivity contribution in [3.05, 3.63) is 64.7 Å². The van der Waals surface area contributed by atoms with Crippen LogP contribution in [-0.4, -0.2) is 16.3 Å². The molecule has 2 aromatic carbocycles. The SMILES string of the molecule is Cc1ccc(C#CC(C)(C)Oc2ccc(C#CC(C)(C)O)c(C)c2)cc1. The van der Waals surface area contributed by atoms with Gasteiger partial charge in [-0.1, -0.05) is 41.4 Å². The largest absolute Gasteiger partial charge is 0.475 e. The fraction of sp³-hybridized carbons (Fsp3) is 0.333. The first-order valence-electron chi connectivity index (χ1n) is 8.69. The van der Waals surface area contributed by atoms with E-state index >= 15 is 0 Å². The maximum absolute atomic E-state index is 9.73. The van der Waals surface area contributed by atoms with Gasteiger partial charge in [-0.25, -0.2) is 0 Å². The summed E-state index contributed by atoms with van der Waals surface area (Å²) in [5.41, 5.74) is 2.45. The molecule has 0 atom stereocenters. The Kier molecular flexibility index (Phi) is 5.81. The molecule has 0 spiro atoms. The monoisotopic (exact) mass is 346 g/mol. The van der Waals surface area contributed by atoms with E-state index in [1.54, 1.807) is 13.8 Å². The van der Waals surface area contributed by atoms with E-state index in [2.05, 4.69) is 42.7 Å². The predicted octanol–water partition coefficient (Wildman–Crippen LogP) is 4.63. The molecule has 2 rings (SSSR count). The molecule has 0 aromatic heterocycles. The number of aliphatic hydroxyl groups is 1. The summed E-state index contributed by atoms with van der Waals surface area (Å²) < 4.78 is 6.06. The van der Waals surface area contributed by atoms with Crippen molar-refractivity contribution in [3.8, 4) is 29.4 Å². The third-order valence-corrected chi connectivity index (χ3v) is 3.63. The van der Waals surface area contributed by atoms with Crippen LogP contribution in [0.3, 0.4) is 0 Å². The van der Waals surface area contributed by atoms with Gasteiger partial charge in [0.05, 0.1) is 0 Å². The van der Waals surface area contributed by atoms with E-state index < -0.39 is 11.2 Å². The van der Waals surface area contributed by atoms with E-state index in [0.717, 1.165) is 22.4 Å². The summed E-state index contributed by atoms with van der Waals surface area (Å²) in [4.78, 5) is 0. The summed E-state index contributed by atoms with van der Waals surface area (Å²) in [6, 6.07) is 13.9. The number of hydrogen-bond acceptors (Lipinski definition) is 2. The molecule has 1 N–H and O–H groups in total. The number of ether oxygens (including phenoxy) is 1. The van der Waals surface area contributed by atoms with Gasteiger partial charge < -0.3 is 9.84 Å². The lowest BCUT2D eigenvalue weighted by Crippen LogP contribution is -2.25. The van der Waals surface area contributed by atoms with Crippen molar-refractivity contribution < 1.29 is 9.84 Å². The van der Waals surface area contributed by atoms with Gasteiger partial charge in [0.15, 0.2) is 5.60 Å². The van der Waals surface area contributed by atoms with Gasteiger partial charge in [0.25, 0.3) is 0 Å². The van der Waals surface area contributed by atoms with Crippen molar-refractivity contribution in [3.63, 3.8) is 0 Å². The van der Waals surface area contributed by atoms with Crippen LogP contribution in [0, 0.1) is 37.5 Å². The Morgan fingerprint density at radius 1 is 0.846 bits per heavy atom. The number of benzene rings is 2. The molecular weight excluding hydrogens is 320 g/mol. The van der Waals surface area contributed by atoms with E-state index in [1.165, 1.54) is 5.56 Å². The fourth-order valence-electron chi connectivity index (χ4n) is 2.24. The summed E-state index contributed by atoms with van der Waals surface area (Å²) >= 11 is 0. The molecule has 2 heteroatoms. The molecule has 134 valence electrons. The normalized spacial score (nSPS) is 11.0. The first-order valence-corrected chi connectivity index (χ1v) is 8.69. The Bertz CT molecular complexity index is 890. The minimum atomic E-state index is -1.00. The summed E-state index contributed by atoms with van der Waals surface area (Å²) in [5.74, 6) is 13.0. The average molecular weight is 346 g/mol. The molecule has 0 bridgehead atoms. The highest BCUT2D eigenvalue weighted by molar-refractivity contribution is 5.46. The van der Waals surface area contributed by atoms with Crippen molar-refractivity contribution in [1.29, 1.82) is 0 Å². The van der Waals surface area contributed by atoms with Crippen LogP contribution in [0.2, 0.25) is 0 Å². The molecule has 0 amide bonds. The van der Waals surface area contributed by atoms with Crippen LogP contribution < -0.4 is 4.74 Å². The van der Waals surface area contributed by atoms with Crippen LogP contribution in [0.15, 0.2) is 42.5 Å². The molecule has 0 aliphatic carbocycles. The van der Waals surface area contributed by atoms with Crippen LogP contribution in [0.1, 0.15) is 49.9 Å². The molecule has 0 aliphatic heterocycles. The highest BCUT2D eigenvalue weighted by Gasteiger charge is 2.16. The van der Waals surface area contributed by atoms with Crippen molar-refractivity contribution >= 4 is 0 Å². The van der Waals surface area contributed by atoms with Crippen molar-refractivity contribution in [2.24, 2.45) is 0 Å². The summed E-state index contributed by atoms with van der Waals surface area (Å²) in [7, 11) is 0. The number of aryl methyl sites for hydroxylation is 2. The maximum Gasteiger partial charge on any atom is 0.164 e. The Balaban J connectivity index is 2.15. The highest BCUT2D eigenvalue weighted by Crippen LogP contribution is 2.21. The zero-order valence-corrected chi connectivity index (χ0v) is 16.4. The molecule has 2 aromatic rings. The molecule has 0 saturated heterocycles. The molecular formula is C24H26O2. The van der Waals surface area contributed by atoms with E-state index in [-0.39, 0.29) is 0 Å². The van der Waals surface area contributed by atoms with Gasteiger partial charge in [0.2, 0.25) is 0 Å². The fourth-order valence-corrected chi connectivity index (χ4v) is 2.24. The van der Waals surface area contributed by atoms with Gasteiger partial charge in [0, 0.05) is 11.1 Å². The third kappa shape index (κ3) is 6.32. The van der Waals surface area contributed by atoms with Gasteiger partial charge in [-0.3, -0.25) is 0 Å². The highest BCUT2D eigenvalue weighted by atomic mass is 16.5. The maximum atomic E-state index is 9.73. The zero-order chi connectivity index (χ0) is 19.4. The summed E-state index contributed by atoms with van der Waals surface area (Å²) in [6.45, 7) is 11.3. The van der Waals surface area contributed by atoms with Gasteiger partial charge >= 0.3 is 0 Å². The first kappa shape index (κ1) is 19.6. The standard InChI is InChI=1S/C24H26O2/c1-18-7-9-20(10-8-18)13-16-24(5,6)26-22-12-11-21(19(2)17-22)14-15-23(3,4)25/h7-12,17,25H,1-6H3. The summed E-state index contributed by atoms with van der Waals surface area (Å²) in [6.07, 6.45) is 0. The van der Waals surface area contributed by atoms with Gasteiger partial charge in [-0.2, -0.15) is 0 Å². The molecule has 2 nitrogen and oxygen atoms in total. The Hall–Kier alpha value is -2.68. The zero-order valence-electron chi connectivity index (χ0n) is 16.4. The lowest BCUT2D eigenvalue weighted by Gasteiger charge is -2.21. The molecule has 0 saturated carbocycles. The molecule has 0 heterocycles. The minimum Gasteiger partial charge on any atom is -0.475 e. The van der Waals surface area contributed by atoms with Gasteiger partial charge in [-0.05, 0) is 77.4 Å². The van der Waals surface area contributed by atoms with Gasteiger partial charge in [-0.15, -0.1) is 0 Å². The molecule has 0 radical (unpaired) electrons. The Morgan fingerprint density at radius 3 is 2.08 bits per heavy atom. The van der Waals surface area contributed by atoms with Crippen molar-refractivity contribution in [1.82, 2.24) is 0 Å². The van der Waals surface area contributed by atoms with E-state index in [1.807, 2.05) is 51.1 Å². The van der Waals surface area contributed by atoms with Crippen LogP contribution in [-0.2, 0) is 0 Å². The Morgan fingerprint density at radius 2 is 1.50 bits per heavy atom. The summed E-state index contributed by atoms with van der Waals surface area (Å²) in [5, 5.41) is 9.73. The van der Waals surface area contributed by atoms with Crippen molar-refractivity contribution in [2.45, 2.75) is 52.7 Å². The second-order valence-electron chi connectivity index (χ2n) is 7.51. The number of rotatable bonds is 2. The van der Waals surface area contributed by atoms with E-state index in [4.69, 9.17) is 4.74 Å². The second kappa shape index (κ2) is 7.69. The lowest BCUT2D eigenvalue weighted by atomic mass is 10.1. The minimum absolute atomic E-state index is 0.613. The van der Waals surface area contributed by atoms with Crippen LogP contribution in [0.5, 0.6) is 5.75 Å². The molecule has 0 unspecified atom stereocenters. The van der Waals surface area contributed by atoms with Gasteiger partial charge in [0.1, 0.15) is 11.4 Å². The lowest BCUT2D eigenvalue weighted by molar-refractivity contribution is 0.143. The Labute approximate surface area is 157 Å². The van der Waals surface area contributed by atoms with Crippen molar-refractivity contribution in [2.75, 3.05) is 0 Å². The van der Waals surface area contributed by atoms with Crippen LogP contribution in [0.4, 0.5) is 0 Å². The second-order valence-corrected chi connectivity index (χ2v) is 7.51. The van der Waals surface area contributed by atoms with Crippen LogP contribution in [0.25, 0.3) is 0 Å². The smallest absolute Gasteiger partial charge is 0.164 e. The first-order chi connectivity index (χ1) is 12.0.